The minimum absolute atomic E-state index is 0.0807. The molecule has 1 aromatic carbocycles. The molecule has 0 saturated heterocycles. The predicted molar refractivity (Wildman–Crippen MR) is 115 cm³/mol. The van der Waals surface area contributed by atoms with Crippen LogP contribution in [0.15, 0.2) is 76.6 Å². The molecule has 0 fully saturated rings. The second-order valence-electron chi connectivity index (χ2n) is 7.70. The minimum atomic E-state index is -0.826. The number of aliphatic imine (C=N–C) groups is 2. The number of halogens is 1. The molecule has 0 amide bonds. The number of benzene rings is 1. The zero-order valence-corrected chi connectivity index (χ0v) is 16.4. The molecule has 7 heteroatoms. The lowest BCUT2D eigenvalue weighted by Gasteiger charge is -2.37. The van der Waals surface area contributed by atoms with Gasteiger partial charge in [0.15, 0.2) is 11.5 Å². The average molecular weight is 403 g/mol. The number of amidine groups is 1. The van der Waals surface area contributed by atoms with Crippen LogP contribution in [0.3, 0.4) is 0 Å². The Morgan fingerprint density at radius 3 is 2.93 bits per heavy atom. The van der Waals surface area contributed by atoms with E-state index in [1.807, 2.05) is 35.2 Å². The summed E-state index contributed by atoms with van der Waals surface area (Å²) < 4.78 is 14.4. The Kier molecular flexibility index (Phi) is 4.38. The van der Waals surface area contributed by atoms with Gasteiger partial charge in [0.1, 0.15) is 11.6 Å². The van der Waals surface area contributed by atoms with Crippen molar-refractivity contribution in [1.82, 2.24) is 9.88 Å². The van der Waals surface area contributed by atoms with E-state index in [4.69, 9.17) is 15.7 Å². The van der Waals surface area contributed by atoms with Crippen molar-refractivity contribution in [2.24, 2.45) is 21.6 Å². The van der Waals surface area contributed by atoms with Crippen molar-refractivity contribution in [3.8, 4) is 11.1 Å². The largest absolute Gasteiger partial charge is 0.508 e. The Morgan fingerprint density at radius 1 is 1.23 bits per heavy atom. The maximum atomic E-state index is 14.4. The Hall–Kier alpha value is -3.48. The van der Waals surface area contributed by atoms with Crippen molar-refractivity contribution in [2.75, 3.05) is 13.1 Å². The van der Waals surface area contributed by atoms with Gasteiger partial charge in [-0.2, -0.15) is 4.39 Å². The Morgan fingerprint density at radius 2 is 2.13 bits per heavy atom. The first-order chi connectivity index (χ1) is 14.6. The van der Waals surface area contributed by atoms with Crippen molar-refractivity contribution in [3.63, 3.8) is 0 Å². The van der Waals surface area contributed by atoms with E-state index in [1.165, 1.54) is 6.20 Å². The molecule has 30 heavy (non-hydrogen) atoms. The van der Waals surface area contributed by atoms with Crippen LogP contribution in [0.2, 0.25) is 0 Å². The molecule has 2 atom stereocenters. The van der Waals surface area contributed by atoms with E-state index in [0.29, 0.717) is 24.5 Å². The first kappa shape index (κ1) is 18.5. The zero-order valence-electron chi connectivity index (χ0n) is 16.4. The third-order valence-corrected chi connectivity index (χ3v) is 5.96. The fraction of sp³-hybridized carbons (Fsp3) is 0.261. The van der Waals surface area contributed by atoms with Crippen LogP contribution in [0, 0.1) is 11.9 Å². The number of nitrogens with zero attached hydrogens (tertiary/aromatic N) is 4. The van der Waals surface area contributed by atoms with Crippen LogP contribution < -0.4 is 5.73 Å². The molecule has 1 unspecified atom stereocenters. The molecular formula is C23H22FN5O. The molecule has 5 rings (SSSR count). The summed E-state index contributed by atoms with van der Waals surface area (Å²) in [7, 11) is 0. The number of pyridine rings is 1. The van der Waals surface area contributed by atoms with Crippen LogP contribution in [-0.4, -0.2) is 39.9 Å². The molecule has 2 aromatic rings. The fourth-order valence-corrected chi connectivity index (χ4v) is 4.55. The highest BCUT2D eigenvalue weighted by atomic mass is 19.1. The fourth-order valence-electron chi connectivity index (χ4n) is 4.55. The maximum Gasteiger partial charge on any atom is 0.220 e. The van der Waals surface area contributed by atoms with E-state index < -0.39 is 11.5 Å². The van der Waals surface area contributed by atoms with Gasteiger partial charge >= 0.3 is 0 Å². The summed E-state index contributed by atoms with van der Waals surface area (Å²) in [4.78, 5) is 15.6. The SMILES string of the molecule is NC1=N[C@@](c2cccc(-c3cccnc3F)c2)(C2C=CC(O)=CC2)C2=NCCCN12. The third kappa shape index (κ3) is 2.81. The molecule has 1 aliphatic carbocycles. The van der Waals surface area contributed by atoms with Crippen LogP contribution in [-0.2, 0) is 5.54 Å². The molecular weight excluding hydrogens is 381 g/mol. The lowest BCUT2D eigenvalue weighted by Crippen LogP contribution is -2.48. The van der Waals surface area contributed by atoms with Gasteiger partial charge in [-0.05, 0) is 54.3 Å². The number of rotatable bonds is 3. The summed E-state index contributed by atoms with van der Waals surface area (Å²) in [6, 6.07) is 11.1. The summed E-state index contributed by atoms with van der Waals surface area (Å²) in [6.45, 7) is 1.48. The molecule has 2 aliphatic heterocycles. The third-order valence-electron chi connectivity index (χ3n) is 5.96. The number of hydrogen-bond acceptors (Lipinski definition) is 6. The van der Waals surface area contributed by atoms with Gasteiger partial charge in [-0.15, -0.1) is 0 Å². The summed E-state index contributed by atoms with van der Waals surface area (Å²) in [5, 5.41) is 9.86. The van der Waals surface area contributed by atoms with E-state index in [-0.39, 0.29) is 11.7 Å². The van der Waals surface area contributed by atoms with Crippen LogP contribution >= 0.6 is 0 Å². The van der Waals surface area contributed by atoms with Gasteiger partial charge < -0.3 is 10.8 Å². The first-order valence-corrected chi connectivity index (χ1v) is 10.1. The number of aromatic nitrogens is 1. The summed E-state index contributed by atoms with van der Waals surface area (Å²) >= 11 is 0. The van der Waals surface area contributed by atoms with Crippen LogP contribution in [0.4, 0.5) is 4.39 Å². The van der Waals surface area contributed by atoms with E-state index >= 15 is 0 Å². The van der Waals surface area contributed by atoms with E-state index in [1.54, 1.807) is 24.3 Å². The van der Waals surface area contributed by atoms with Crippen molar-refractivity contribution >= 4 is 11.8 Å². The van der Waals surface area contributed by atoms with E-state index in [2.05, 4.69) is 4.98 Å². The smallest absolute Gasteiger partial charge is 0.220 e. The van der Waals surface area contributed by atoms with Gasteiger partial charge in [-0.3, -0.25) is 9.89 Å². The second kappa shape index (κ2) is 7.09. The molecule has 3 heterocycles. The van der Waals surface area contributed by atoms with Crippen LogP contribution in [0.1, 0.15) is 18.4 Å². The summed E-state index contributed by atoms with van der Waals surface area (Å²) in [5.74, 6) is 0.908. The van der Waals surface area contributed by atoms with E-state index in [0.717, 1.165) is 29.9 Å². The molecule has 3 N–H and O–H groups in total. The summed E-state index contributed by atoms with van der Waals surface area (Å²) in [6.07, 6.45) is 8.39. The molecule has 0 radical (unpaired) electrons. The minimum Gasteiger partial charge on any atom is -0.508 e. The molecule has 0 saturated carbocycles. The molecule has 6 nitrogen and oxygen atoms in total. The van der Waals surface area contributed by atoms with Gasteiger partial charge in [-0.1, -0.05) is 24.3 Å². The highest BCUT2D eigenvalue weighted by Crippen LogP contribution is 2.45. The van der Waals surface area contributed by atoms with Gasteiger partial charge in [0.2, 0.25) is 5.95 Å². The van der Waals surface area contributed by atoms with Crippen LogP contribution in [0.5, 0.6) is 0 Å². The zero-order chi connectivity index (χ0) is 20.7. The Bertz CT molecular complexity index is 1120. The van der Waals surface area contributed by atoms with Crippen molar-refractivity contribution in [1.29, 1.82) is 0 Å². The molecule has 152 valence electrons. The molecule has 3 aliphatic rings. The molecule has 0 bridgehead atoms. The average Bonchev–Trinajstić information content (AvgIpc) is 3.08. The number of aliphatic hydroxyl groups excluding tert-OH is 1. The Balaban J connectivity index is 1.70. The van der Waals surface area contributed by atoms with Crippen LogP contribution in [0.25, 0.3) is 11.1 Å². The monoisotopic (exact) mass is 403 g/mol. The van der Waals surface area contributed by atoms with Crippen molar-refractivity contribution in [3.05, 3.63) is 78.1 Å². The maximum absolute atomic E-state index is 14.4. The lowest BCUT2D eigenvalue weighted by molar-refractivity contribution is 0.388. The van der Waals surface area contributed by atoms with Crippen molar-refractivity contribution in [2.45, 2.75) is 18.4 Å². The van der Waals surface area contributed by atoms with Gasteiger partial charge in [0, 0.05) is 30.8 Å². The lowest BCUT2D eigenvalue weighted by atomic mass is 9.73. The number of fused-ring (bicyclic) bond motifs is 1. The number of nitrogens with two attached hydrogens (primary N) is 1. The highest BCUT2D eigenvalue weighted by molar-refractivity contribution is 6.10. The summed E-state index contributed by atoms with van der Waals surface area (Å²) in [5.41, 5.74) is 7.56. The van der Waals surface area contributed by atoms with Gasteiger partial charge in [0.05, 0.1) is 0 Å². The topological polar surface area (TPSA) is 87.1 Å². The number of guanidine groups is 1. The number of allylic oxidation sites excluding steroid dienone is 2. The quantitative estimate of drug-likeness (QED) is 0.768. The van der Waals surface area contributed by atoms with Gasteiger partial charge in [0.25, 0.3) is 0 Å². The predicted octanol–water partition coefficient (Wildman–Crippen LogP) is 3.53. The Labute approximate surface area is 174 Å². The number of hydrogen-bond donors (Lipinski definition) is 2. The number of aliphatic hydroxyl groups is 1. The highest BCUT2D eigenvalue weighted by Gasteiger charge is 2.52. The molecule has 0 spiro atoms. The second-order valence-corrected chi connectivity index (χ2v) is 7.70. The van der Waals surface area contributed by atoms with Crippen molar-refractivity contribution < 1.29 is 9.50 Å². The normalized spacial score (nSPS) is 25.4. The standard InChI is InChI=1S/C23H22FN5O/c24-20-19(6-2-11-26-20)15-4-1-5-17(14-15)23(16-7-9-18(30)10-8-16)21-27-12-3-13-29(21)22(25)28-23/h1-2,4-7,9-11,14,16,30H,3,8,12-13H2,(H2,25,28)/t16?,23-/m1/s1. The van der Waals surface area contributed by atoms with Gasteiger partial charge in [-0.25, -0.2) is 9.98 Å². The first-order valence-electron chi connectivity index (χ1n) is 10.1. The molecule has 1 aromatic heterocycles. The van der Waals surface area contributed by atoms with E-state index in [9.17, 15) is 9.50 Å².